The number of nitrogens with one attached hydrogen (secondary N) is 1. The molecule has 0 aromatic carbocycles. The van der Waals surface area contributed by atoms with Gasteiger partial charge in [-0.3, -0.25) is 5.10 Å². The summed E-state index contributed by atoms with van der Waals surface area (Å²) in [5, 5.41) is 9.37. The highest BCUT2D eigenvalue weighted by atomic mass is 32.1. The van der Waals surface area contributed by atoms with E-state index in [0.717, 1.165) is 30.1 Å². The fraction of sp³-hybridized carbons (Fsp3) is 0.778. The Morgan fingerprint density at radius 2 is 2.07 bits per heavy atom. The van der Waals surface area contributed by atoms with Gasteiger partial charge in [-0.1, -0.05) is 6.92 Å². The lowest BCUT2D eigenvalue weighted by Gasteiger charge is -2.29. The predicted molar refractivity (Wildman–Crippen MR) is 58.6 cm³/mol. The van der Waals surface area contributed by atoms with Crippen LogP contribution in [0.5, 0.6) is 0 Å². The normalized spacial score (nSPS) is 17.4. The van der Waals surface area contributed by atoms with Crippen molar-refractivity contribution in [1.82, 2.24) is 14.9 Å². The van der Waals surface area contributed by atoms with Crippen LogP contribution in [0.4, 0.5) is 0 Å². The van der Waals surface area contributed by atoms with Crippen molar-refractivity contribution in [3.8, 4) is 0 Å². The van der Waals surface area contributed by atoms with Crippen LogP contribution in [-0.4, -0.2) is 28.0 Å². The molecule has 1 saturated heterocycles. The van der Waals surface area contributed by atoms with E-state index in [9.17, 15) is 0 Å². The topological polar surface area (TPSA) is 36.9 Å². The van der Waals surface area contributed by atoms with Gasteiger partial charge in [-0.2, -0.15) is 5.10 Å². The average Bonchev–Trinajstić information content (AvgIpc) is 2.61. The number of nitrogens with zero attached hydrogens (tertiary/aromatic N) is 3. The molecule has 0 atom stereocenters. The molecule has 1 fully saturated rings. The largest absolute Gasteiger partial charge is 0.309 e. The second-order valence-corrected chi connectivity index (χ2v) is 4.01. The first kappa shape index (κ1) is 9.71. The van der Waals surface area contributed by atoms with Crippen molar-refractivity contribution in [1.29, 1.82) is 0 Å². The van der Waals surface area contributed by atoms with Crippen molar-refractivity contribution >= 4 is 12.2 Å². The minimum atomic E-state index is 0.726. The van der Waals surface area contributed by atoms with Crippen LogP contribution in [-0.2, 0) is 6.42 Å². The lowest BCUT2D eigenvalue weighted by Crippen LogP contribution is -2.40. The summed E-state index contributed by atoms with van der Waals surface area (Å²) < 4.78 is 2.79. The van der Waals surface area contributed by atoms with Crippen molar-refractivity contribution in [2.24, 2.45) is 0 Å². The van der Waals surface area contributed by atoms with Crippen LogP contribution in [0.2, 0.25) is 0 Å². The van der Waals surface area contributed by atoms with Crippen LogP contribution in [0, 0.1) is 4.77 Å². The molecule has 2 rings (SSSR count). The van der Waals surface area contributed by atoms with E-state index in [1.165, 1.54) is 19.3 Å². The summed E-state index contributed by atoms with van der Waals surface area (Å²) in [6, 6.07) is 0. The van der Waals surface area contributed by atoms with E-state index >= 15 is 0 Å². The molecule has 14 heavy (non-hydrogen) atoms. The van der Waals surface area contributed by atoms with Gasteiger partial charge in [0.1, 0.15) is 0 Å². The molecule has 1 aromatic heterocycles. The lowest BCUT2D eigenvalue weighted by molar-refractivity contribution is 0.465. The summed E-state index contributed by atoms with van der Waals surface area (Å²) in [6.07, 6.45) is 4.78. The number of rotatable bonds is 2. The number of hydrogen-bond acceptors (Lipinski definition) is 3. The highest BCUT2D eigenvalue weighted by molar-refractivity contribution is 7.71. The van der Waals surface area contributed by atoms with Crippen LogP contribution < -0.4 is 5.01 Å². The Morgan fingerprint density at radius 1 is 1.36 bits per heavy atom. The van der Waals surface area contributed by atoms with E-state index < -0.39 is 0 Å². The van der Waals surface area contributed by atoms with Gasteiger partial charge in [0, 0.05) is 19.5 Å². The fourth-order valence-electron chi connectivity index (χ4n) is 1.92. The van der Waals surface area contributed by atoms with E-state index in [4.69, 9.17) is 12.2 Å². The smallest absolute Gasteiger partial charge is 0.214 e. The molecular formula is C9H16N4S. The van der Waals surface area contributed by atoms with E-state index in [1.807, 2.05) is 0 Å². The molecule has 1 aromatic rings. The van der Waals surface area contributed by atoms with Crippen LogP contribution in [0.25, 0.3) is 0 Å². The molecule has 78 valence electrons. The molecule has 4 nitrogen and oxygen atoms in total. The van der Waals surface area contributed by atoms with Gasteiger partial charge in [0.2, 0.25) is 4.77 Å². The van der Waals surface area contributed by atoms with Gasteiger partial charge in [-0.15, -0.1) is 0 Å². The Labute approximate surface area is 88.9 Å². The first-order chi connectivity index (χ1) is 6.83. The van der Waals surface area contributed by atoms with Crippen molar-refractivity contribution < 1.29 is 0 Å². The molecule has 1 N–H and O–H groups in total. The SMILES string of the molecule is CCc1n[nH]c(=S)n1N1CCCCC1. The first-order valence-corrected chi connectivity index (χ1v) is 5.65. The number of piperidine rings is 1. The number of H-pyrrole nitrogens is 1. The fourth-order valence-corrected chi connectivity index (χ4v) is 2.19. The number of hydrogen-bond donors (Lipinski definition) is 1. The molecule has 0 bridgehead atoms. The zero-order chi connectivity index (χ0) is 9.97. The molecule has 1 aliphatic rings. The lowest BCUT2D eigenvalue weighted by atomic mass is 10.2. The second kappa shape index (κ2) is 4.13. The van der Waals surface area contributed by atoms with E-state index in [1.54, 1.807) is 0 Å². The highest BCUT2D eigenvalue weighted by Crippen LogP contribution is 2.10. The van der Waals surface area contributed by atoms with E-state index in [-0.39, 0.29) is 0 Å². The monoisotopic (exact) mass is 212 g/mol. The van der Waals surface area contributed by atoms with Gasteiger partial charge in [0.15, 0.2) is 5.82 Å². The van der Waals surface area contributed by atoms with Gasteiger partial charge < -0.3 is 5.01 Å². The van der Waals surface area contributed by atoms with Crippen molar-refractivity contribution in [3.05, 3.63) is 10.6 Å². The quantitative estimate of drug-likeness (QED) is 0.757. The summed E-state index contributed by atoms with van der Waals surface area (Å²) in [7, 11) is 0. The Balaban J connectivity index is 2.28. The molecule has 5 heteroatoms. The number of aryl methyl sites for hydroxylation is 1. The van der Waals surface area contributed by atoms with Crippen LogP contribution in [0.1, 0.15) is 32.0 Å². The Hall–Kier alpha value is -0.840. The molecular weight excluding hydrogens is 196 g/mol. The Kier molecular flexibility index (Phi) is 2.86. The van der Waals surface area contributed by atoms with Gasteiger partial charge in [-0.05, 0) is 31.5 Å². The molecule has 1 aliphatic heterocycles. The molecule has 0 saturated carbocycles. The van der Waals surface area contributed by atoms with Crippen LogP contribution in [0.15, 0.2) is 0 Å². The van der Waals surface area contributed by atoms with Crippen molar-refractivity contribution in [3.63, 3.8) is 0 Å². The van der Waals surface area contributed by atoms with Crippen molar-refractivity contribution in [2.75, 3.05) is 18.1 Å². The zero-order valence-corrected chi connectivity index (χ0v) is 9.31. The summed E-state index contributed by atoms with van der Waals surface area (Å²) in [4.78, 5) is 0. The average molecular weight is 212 g/mol. The summed E-state index contributed by atoms with van der Waals surface area (Å²) >= 11 is 5.22. The maximum atomic E-state index is 5.22. The van der Waals surface area contributed by atoms with Crippen LogP contribution in [0.3, 0.4) is 0 Å². The third kappa shape index (κ3) is 1.68. The van der Waals surface area contributed by atoms with Gasteiger partial charge in [0.25, 0.3) is 0 Å². The Morgan fingerprint density at radius 3 is 2.71 bits per heavy atom. The van der Waals surface area contributed by atoms with Gasteiger partial charge >= 0.3 is 0 Å². The van der Waals surface area contributed by atoms with Gasteiger partial charge in [0.05, 0.1) is 0 Å². The predicted octanol–water partition coefficient (Wildman–Crippen LogP) is 1.62. The molecule has 2 heterocycles. The number of aromatic nitrogens is 3. The highest BCUT2D eigenvalue weighted by Gasteiger charge is 2.14. The Bertz CT molecular complexity index is 348. The minimum Gasteiger partial charge on any atom is -0.309 e. The summed E-state index contributed by atoms with van der Waals surface area (Å²) in [5.74, 6) is 1.04. The summed E-state index contributed by atoms with van der Waals surface area (Å²) in [5.41, 5.74) is 0. The summed E-state index contributed by atoms with van der Waals surface area (Å²) in [6.45, 7) is 4.30. The second-order valence-electron chi connectivity index (χ2n) is 3.62. The first-order valence-electron chi connectivity index (χ1n) is 5.24. The maximum Gasteiger partial charge on any atom is 0.214 e. The van der Waals surface area contributed by atoms with E-state index in [0.29, 0.717) is 0 Å². The molecule has 0 aliphatic carbocycles. The van der Waals surface area contributed by atoms with Gasteiger partial charge in [-0.25, -0.2) is 4.68 Å². The molecule has 0 unspecified atom stereocenters. The molecule has 0 spiro atoms. The zero-order valence-electron chi connectivity index (χ0n) is 8.49. The molecule has 0 amide bonds. The third-order valence-corrected chi connectivity index (χ3v) is 2.91. The number of aromatic amines is 1. The van der Waals surface area contributed by atoms with Crippen LogP contribution >= 0.6 is 12.2 Å². The van der Waals surface area contributed by atoms with Crippen molar-refractivity contribution in [2.45, 2.75) is 32.6 Å². The maximum absolute atomic E-state index is 5.22. The standard InChI is InChI=1S/C9H16N4S/c1-2-8-10-11-9(14)13(8)12-6-4-3-5-7-12/h2-7H2,1H3,(H,11,14). The van der Waals surface area contributed by atoms with E-state index in [2.05, 4.69) is 26.8 Å². The third-order valence-electron chi connectivity index (χ3n) is 2.65. The molecule has 0 radical (unpaired) electrons. The minimum absolute atomic E-state index is 0.726.